The van der Waals surface area contributed by atoms with E-state index in [1.54, 1.807) is 0 Å². The molecule has 0 fully saturated rings. The molecular formula is C10H8NNaS. The largest absolute Gasteiger partial charge is 1.00 e. The summed E-state index contributed by atoms with van der Waals surface area (Å²) >= 11 is 5.15. The molecule has 0 saturated heterocycles. The van der Waals surface area contributed by atoms with Gasteiger partial charge in [-0.15, -0.1) is 4.90 Å². The fraction of sp³-hybridized carbons (Fsp3) is 0.100. The van der Waals surface area contributed by atoms with Crippen LogP contribution in [0.25, 0.3) is 10.9 Å². The molecule has 0 bridgehead atoms. The van der Waals surface area contributed by atoms with Crippen LogP contribution < -0.4 is 29.6 Å². The first-order valence-corrected chi connectivity index (χ1v) is 4.21. The summed E-state index contributed by atoms with van der Waals surface area (Å²) in [5, 5.41) is 1.12. The Kier molecular flexibility index (Phi) is 3.68. The summed E-state index contributed by atoms with van der Waals surface area (Å²) in [6.07, 6.45) is 0. The first kappa shape index (κ1) is 10.9. The average molecular weight is 197 g/mol. The van der Waals surface area contributed by atoms with Crippen LogP contribution in [-0.2, 0) is 12.6 Å². The monoisotopic (exact) mass is 197 g/mol. The van der Waals surface area contributed by atoms with Gasteiger partial charge < -0.3 is 12.6 Å². The van der Waals surface area contributed by atoms with Gasteiger partial charge in [0.05, 0.1) is 5.52 Å². The third-order valence-electron chi connectivity index (χ3n) is 1.82. The molecule has 0 aliphatic rings. The molecule has 0 unspecified atom stereocenters. The maximum atomic E-state index is 5.15. The van der Waals surface area contributed by atoms with Crippen LogP contribution in [-0.4, -0.2) is 4.98 Å². The second-order valence-electron chi connectivity index (χ2n) is 2.78. The Labute approximate surface area is 105 Å². The fourth-order valence-electron chi connectivity index (χ4n) is 1.22. The smallest absolute Gasteiger partial charge is 0.778 e. The summed E-state index contributed by atoms with van der Waals surface area (Å²) in [5.74, 6) is 0. The summed E-state index contributed by atoms with van der Waals surface area (Å²) in [7, 11) is 0. The second kappa shape index (κ2) is 4.38. The molecule has 0 aliphatic carbocycles. The number of para-hydroxylation sites is 1. The van der Waals surface area contributed by atoms with Crippen molar-refractivity contribution < 1.29 is 29.6 Å². The third kappa shape index (κ3) is 2.20. The quantitative estimate of drug-likeness (QED) is 0.415. The Bertz CT molecular complexity index is 428. The van der Waals surface area contributed by atoms with Crippen LogP contribution >= 0.6 is 0 Å². The van der Waals surface area contributed by atoms with Crippen LogP contribution in [0.15, 0.2) is 35.2 Å². The molecule has 2 aromatic rings. The third-order valence-corrected chi connectivity index (χ3v) is 2.15. The van der Waals surface area contributed by atoms with E-state index in [0.717, 1.165) is 21.5 Å². The van der Waals surface area contributed by atoms with E-state index in [1.165, 1.54) is 0 Å². The van der Waals surface area contributed by atoms with Crippen molar-refractivity contribution in [3.05, 3.63) is 36.0 Å². The summed E-state index contributed by atoms with van der Waals surface area (Å²) in [6, 6.07) is 9.94. The van der Waals surface area contributed by atoms with E-state index in [1.807, 2.05) is 37.3 Å². The number of hydrogen-bond donors (Lipinski definition) is 0. The molecule has 2 rings (SSSR count). The normalized spacial score (nSPS) is 9.62. The van der Waals surface area contributed by atoms with Crippen molar-refractivity contribution in [1.29, 1.82) is 0 Å². The standard InChI is InChI=1S/C10H9NS.Na/c1-7-5-6-8-3-2-4-9(12)10(8)11-7;/h2-6,12H,1H3;/q;+1/p-1. The minimum Gasteiger partial charge on any atom is -0.778 e. The number of pyridine rings is 1. The van der Waals surface area contributed by atoms with Gasteiger partial charge in [0.15, 0.2) is 0 Å². The molecular weight excluding hydrogens is 189 g/mol. The van der Waals surface area contributed by atoms with E-state index < -0.39 is 0 Å². The predicted octanol–water partition coefficient (Wildman–Crippen LogP) is -0.547. The second-order valence-corrected chi connectivity index (χ2v) is 3.22. The summed E-state index contributed by atoms with van der Waals surface area (Å²) in [5.41, 5.74) is 1.95. The molecule has 0 radical (unpaired) electrons. The average Bonchev–Trinajstić information content (AvgIpc) is 2.07. The van der Waals surface area contributed by atoms with Crippen LogP contribution in [0.3, 0.4) is 0 Å². The summed E-state index contributed by atoms with van der Waals surface area (Å²) < 4.78 is 0. The van der Waals surface area contributed by atoms with E-state index >= 15 is 0 Å². The Balaban J connectivity index is 0.000000845. The molecule has 13 heavy (non-hydrogen) atoms. The molecule has 3 heteroatoms. The minimum absolute atomic E-state index is 0. The molecule has 0 spiro atoms. The molecule has 0 saturated carbocycles. The Morgan fingerprint density at radius 1 is 1.15 bits per heavy atom. The maximum absolute atomic E-state index is 5.15. The van der Waals surface area contributed by atoms with Crippen molar-refractivity contribution in [3.63, 3.8) is 0 Å². The van der Waals surface area contributed by atoms with Crippen LogP contribution in [0.5, 0.6) is 0 Å². The first-order chi connectivity index (χ1) is 5.77. The summed E-state index contributed by atoms with van der Waals surface area (Å²) in [6.45, 7) is 1.97. The number of rotatable bonds is 0. The van der Waals surface area contributed by atoms with Gasteiger partial charge in [-0.05, 0) is 18.4 Å². The zero-order valence-electron chi connectivity index (χ0n) is 7.74. The van der Waals surface area contributed by atoms with Gasteiger partial charge in [0, 0.05) is 5.69 Å². The van der Waals surface area contributed by atoms with Gasteiger partial charge >= 0.3 is 29.6 Å². The number of fused-ring (bicyclic) bond motifs is 1. The van der Waals surface area contributed by atoms with Crippen molar-refractivity contribution in [1.82, 2.24) is 4.98 Å². The Morgan fingerprint density at radius 2 is 1.92 bits per heavy atom. The summed E-state index contributed by atoms with van der Waals surface area (Å²) in [4.78, 5) is 5.20. The number of aryl methyl sites for hydroxylation is 1. The number of nitrogens with zero attached hydrogens (tertiary/aromatic N) is 1. The van der Waals surface area contributed by atoms with Crippen molar-refractivity contribution in [3.8, 4) is 0 Å². The van der Waals surface area contributed by atoms with Gasteiger partial charge in [0.25, 0.3) is 0 Å². The molecule has 1 nitrogen and oxygen atoms in total. The zero-order chi connectivity index (χ0) is 8.55. The van der Waals surface area contributed by atoms with Crippen molar-refractivity contribution in [2.75, 3.05) is 0 Å². The van der Waals surface area contributed by atoms with Crippen LogP contribution in [0.1, 0.15) is 5.69 Å². The van der Waals surface area contributed by atoms with Crippen LogP contribution in [0.4, 0.5) is 0 Å². The topological polar surface area (TPSA) is 12.9 Å². The van der Waals surface area contributed by atoms with E-state index in [0.29, 0.717) is 0 Å². The van der Waals surface area contributed by atoms with Gasteiger partial charge in [-0.1, -0.05) is 24.3 Å². The van der Waals surface area contributed by atoms with E-state index in [2.05, 4.69) is 4.98 Å². The minimum atomic E-state index is 0. The molecule has 1 aromatic heterocycles. The molecule has 0 aliphatic heterocycles. The Hall–Kier alpha value is -0.150. The number of hydrogen-bond acceptors (Lipinski definition) is 2. The van der Waals surface area contributed by atoms with E-state index in [-0.39, 0.29) is 29.6 Å². The van der Waals surface area contributed by atoms with Gasteiger partial charge in [0.2, 0.25) is 0 Å². The van der Waals surface area contributed by atoms with Crippen molar-refractivity contribution >= 4 is 23.5 Å². The van der Waals surface area contributed by atoms with Crippen molar-refractivity contribution in [2.24, 2.45) is 0 Å². The van der Waals surface area contributed by atoms with Gasteiger partial charge in [-0.25, -0.2) is 0 Å². The Morgan fingerprint density at radius 3 is 2.69 bits per heavy atom. The molecule has 1 aromatic carbocycles. The molecule has 1 heterocycles. The maximum Gasteiger partial charge on any atom is 1.00 e. The molecule has 0 N–H and O–H groups in total. The number of benzene rings is 1. The zero-order valence-corrected chi connectivity index (χ0v) is 10.6. The van der Waals surface area contributed by atoms with E-state index in [9.17, 15) is 0 Å². The van der Waals surface area contributed by atoms with Crippen LogP contribution in [0, 0.1) is 6.92 Å². The SMILES string of the molecule is Cc1ccc2cccc([S-])c2n1.[Na+]. The molecule has 0 amide bonds. The first-order valence-electron chi connectivity index (χ1n) is 3.81. The van der Waals surface area contributed by atoms with Gasteiger partial charge in [-0.3, -0.25) is 4.98 Å². The van der Waals surface area contributed by atoms with E-state index in [4.69, 9.17) is 12.6 Å². The molecule has 60 valence electrons. The number of aromatic nitrogens is 1. The van der Waals surface area contributed by atoms with Gasteiger partial charge in [-0.2, -0.15) is 0 Å². The van der Waals surface area contributed by atoms with Gasteiger partial charge in [0.1, 0.15) is 0 Å². The predicted molar refractivity (Wildman–Crippen MR) is 52.1 cm³/mol. The van der Waals surface area contributed by atoms with Crippen LogP contribution in [0.2, 0.25) is 0 Å². The fourth-order valence-corrected chi connectivity index (χ4v) is 1.46. The van der Waals surface area contributed by atoms with Crippen molar-refractivity contribution in [2.45, 2.75) is 11.8 Å². The molecule has 0 atom stereocenters.